The molecule has 2 rings (SSSR count). The second-order valence-electron chi connectivity index (χ2n) is 3.41. The first-order valence-corrected chi connectivity index (χ1v) is 5.75. The van der Waals surface area contributed by atoms with Crippen molar-refractivity contribution in [1.29, 1.82) is 0 Å². The first-order valence-electron chi connectivity index (χ1n) is 4.87. The second kappa shape index (κ2) is 4.45. The van der Waals surface area contributed by atoms with Gasteiger partial charge in [0.1, 0.15) is 5.75 Å². The number of carbonyl (C=O) groups is 1. The number of aromatic nitrogens is 1. The Kier molecular flexibility index (Phi) is 3.01. The molecule has 1 heterocycles. The van der Waals surface area contributed by atoms with Crippen molar-refractivity contribution in [3.05, 3.63) is 45.9 Å². The standard InChI is InChI=1S/C12H11NO2S/c1-8-5-3-4-6-11(8)15-12(14)10-7-16-9(2)13-10/h3-7H,1-2H3. The molecule has 4 heteroatoms. The van der Waals surface area contributed by atoms with Gasteiger partial charge in [-0.1, -0.05) is 18.2 Å². The zero-order valence-corrected chi connectivity index (χ0v) is 9.88. The lowest BCUT2D eigenvalue weighted by Crippen LogP contribution is -2.09. The van der Waals surface area contributed by atoms with E-state index in [-0.39, 0.29) is 0 Å². The largest absolute Gasteiger partial charge is 0.422 e. The van der Waals surface area contributed by atoms with Gasteiger partial charge >= 0.3 is 5.97 Å². The van der Waals surface area contributed by atoms with Crippen LogP contribution in [-0.2, 0) is 0 Å². The summed E-state index contributed by atoms with van der Waals surface area (Å²) in [6, 6.07) is 7.41. The summed E-state index contributed by atoms with van der Waals surface area (Å²) >= 11 is 1.44. The van der Waals surface area contributed by atoms with Crippen molar-refractivity contribution >= 4 is 17.3 Å². The van der Waals surface area contributed by atoms with E-state index in [2.05, 4.69) is 4.98 Å². The van der Waals surface area contributed by atoms with Crippen LogP contribution < -0.4 is 4.74 Å². The highest BCUT2D eigenvalue weighted by atomic mass is 32.1. The number of ether oxygens (including phenoxy) is 1. The van der Waals surface area contributed by atoms with E-state index in [1.165, 1.54) is 11.3 Å². The van der Waals surface area contributed by atoms with E-state index in [0.717, 1.165) is 10.6 Å². The summed E-state index contributed by atoms with van der Waals surface area (Å²) in [5, 5.41) is 2.56. The van der Waals surface area contributed by atoms with Gasteiger partial charge in [0.15, 0.2) is 5.69 Å². The van der Waals surface area contributed by atoms with Crippen molar-refractivity contribution in [1.82, 2.24) is 4.98 Å². The smallest absolute Gasteiger partial charge is 0.363 e. The van der Waals surface area contributed by atoms with Crippen LogP contribution in [0.15, 0.2) is 29.6 Å². The topological polar surface area (TPSA) is 39.2 Å². The lowest BCUT2D eigenvalue weighted by molar-refractivity contribution is 0.0728. The molecule has 0 amide bonds. The molecule has 3 nitrogen and oxygen atoms in total. The molecule has 1 aromatic heterocycles. The number of esters is 1. The van der Waals surface area contributed by atoms with Crippen molar-refractivity contribution in [2.24, 2.45) is 0 Å². The van der Waals surface area contributed by atoms with Gasteiger partial charge < -0.3 is 4.74 Å². The zero-order chi connectivity index (χ0) is 11.5. The van der Waals surface area contributed by atoms with E-state index in [0.29, 0.717) is 11.4 Å². The van der Waals surface area contributed by atoms with Crippen molar-refractivity contribution in [2.45, 2.75) is 13.8 Å². The normalized spacial score (nSPS) is 10.1. The fourth-order valence-corrected chi connectivity index (χ4v) is 1.86. The van der Waals surface area contributed by atoms with Crippen LogP contribution >= 0.6 is 11.3 Å². The van der Waals surface area contributed by atoms with Gasteiger partial charge in [-0.25, -0.2) is 9.78 Å². The molecule has 0 aliphatic carbocycles. The molecule has 0 spiro atoms. The predicted molar refractivity (Wildman–Crippen MR) is 63.0 cm³/mol. The highest BCUT2D eigenvalue weighted by molar-refractivity contribution is 7.09. The van der Waals surface area contributed by atoms with Crippen LogP contribution in [0.3, 0.4) is 0 Å². The Bertz CT molecular complexity index is 519. The molecule has 0 aliphatic rings. The summed E-state index contributed by atoms with van der Waals surface area (Å²) in [5.74, 6) is 0.178. The molecule has 0 saturated heterocycles. The number of aryl methyl sites for hydroxylation is 2. The van der Waals surface area contributed by atoms with Crippen molar-refractivity contribution in [2.75, 3.05) is 0 Å². The molecular formula is C12H11NO2S. The number of rotatable bonds is 2. The SMILES string of the molecule is Cc1nc(C(=O)Oc2ccccc2C)cs1. The minimum atomic E-state index is -0.404. The minimum Gasteiger partial charge on any atom is -0.422 e. The Morgan fingerprint density at radius 2 is 2.06 bits per heavy atom. The van der Waals surface area contributed by atoms with Gasteiger partial charge in [0.05, 0.1) is 5.01 Å². The lowest BCUT2D eigenvalue weighted by Gasteiger charge is -2.04. The molecule has 0 fully saturated rings. The van der Waals surface area contributed by atoms with E-state index in [9.17, 15) is 4.79 Å². The fourth-order valence-electron chi connectivity index (χ4n) is 1.28. The molecule has 2 aromatic rings. The summed E-state index contributed by atoms with van der Waals surface area (Å²) in [6.07, 6.45) is 0. The Balaban J connectivity index is 2.17. The highest BCUT2D eigenvalue weighted by Gasteiger charge is 2.12. The van der Waals surface area contributed by atoms with Gasteiger partial charge in [0.25, 0.3) is 0 Å². The molecule has 82 valence electrons. The molecule has 16 heavy (non-hydrogen) atoms. The third-order valence-electron chi connectivity index (χ3n) is 2.12. The number of para-hydroxylation sites is 1. The van der Waals surface area contributed by atoms with Crippen LogP contribution in [0, 0.1) is 13.8 Å². The molecule has 0 unspecified atom stereocenters. The van der Waals surface area contributed by atoms with Gasteiger partial charge in [-0.2, -0.15) is 0 Å². The highest BCUT2D eigenvalue weighted by Crippen LogP contribution is 2.18. The number of hydrogen-bond donors (Lipinski definition) is 0. The van der Waals surface area contributed by atoms with Crippen molar-refractivity contribution < 1.29 is 9.53 Å². The average Bonchev–Trinajstić information content (AvgIpc) is 2.68. The number of hydrogen-bond acceptors (Lipinski definition) is 4. The van der Waals surface area contributed by atoms with Crippen LogP contribution in [0.2, 0.25) is 0 Å². The zero-order valence-electron chi connectivity index (χ0n) is 9.06. The Hall–Kier alpha value is -1.68. The summed E-state index contributed by atoms with van der Waals surface area (Å²) in [5.41, 5.74) is 1.30. The Labute approximate surface area is 97.7 Å². The molecule has 0 radical (unpaired) electrons. The monoisotopic (exact) mass is 233 g/mol. The maximum atomic E-state index is 11.7. The van der Waals surface area contributed by atoms with Crippen LogP contribution in [0.5, 0.6) is 5.75 Å². The van der Waals surface area contributed by atoms with E-state index in [1.54, 1.807) is 11.4 Å². The van der Waals surface area contributed by atoms with Gasteiger partial charge in [-0.15, -0.1) is 11.3 Å². The lowest BCUT2D eigenvalue weighted by atomic mass is 10.2. The van der Waals surface area contributed by atoms with Gasteiger partial charge in [0.2, 0.25) is 0 Å². The van der Waals surface area contributed by atoms with E-state index in [4.69, 9.17) is 4.74 Å². The van der Waals surface area contributed by atoms with E-state index in [1.807, 2.05) is 32.0 Å². The van der Waals surface area contributed by atoms with Crippen molar-refractivity contribution in [3.63, 3.8) is 0 Å². The quantitative estimate of drug-likeness (QED) is 0.591. The molecular weight excluding hydrogens is 222 g/mol. The van der Waals surface area contributed by atoms with Crippen LogP contribution in [0.4, 0.5) is 0 Å². The predicted octanol–water partition coefficient (Wildman–Crippen LogP) is 2.98. The van der Waals surface area contributed by atoms with E-state index >= 15 is 0 Å². The van der Waals surface area contributed by atoms with Crippen molar-refractivity contribution in [3.8, 4) is 5.75 Å². The maximum Gasteiger partial charge on any atom is 0.363 e. The van der Waals surface area contributed by atoms with E-state index < -0.39 is 5.97 Å². The number of carbonyl (C=O) groups excluding carboxylic acids is 1. The number of thiazole rings is 1. The molecule has 0 saturated carbocycles. The molecule has 0 bridgehead atoms. The first kappa shape index (κ1) is 10.8. The second-order valence-corrected chi connectivity index (χ2v) is 4.47. The fraction of sp³-hybridized carbons (Fsp3) is 0.167. The Morgan fingerprint density at radius 3 is 2.69 bits per heavy atom. The Morgan fingerprint density at radius 1 is 1.31 bits per heavy atom. The summed E-state index contributed by atoms with van der Waals surface area (Å²) in [6.45, 7) is 3.75. The summed E-state index contributed by atoms with van der Waals surface area (Å²) in [7, 11) is 0. The number of benzene rings is 1. The molecule has 1 aromatic carbocycles. The maximum absolute atomic E-state index is 11.7. The summed E-state index contributed by atoms with van der Waals surface area (Å²) < 4.78 is 5.25. The first-order chi connectivity index (χ1) is 7.66. The van der Waals surface area contributed by atoms with Crippen LogP contribution in [0.25, 0.3) is 0 Å². The van der Waals surface area contributed by atoms with Crippen LogP contribution in [-0.4, -0.2) is 11.0 Å². The minimum absolute atomic E-state index is 0.366. The summed E-state index contributed by atoms with van der Waals surface area (Å²) in [4.78, 5) is 15.8. The third kappa shape index (κ3) is 2.28. The van der Waals surface area contributed by atoms with Crippen LogP contribution in [0.1, 0.15) is 21.1 Å². The van der Waals surface area contributed by atoms with Gasteiger partial charge in [-0.3, -0.25) is 0 Å². The molecule has 0 N–H and O–H groups in total. The molecule has 0 aliphatic heterocycles. The van der Waals surface area contributed by atoms with Gasteiger partial charge in [-0.05, 0) is 25.5 Å². The molecule has 0 atom stereocenters. The van der Waals surface area contributed by atoms with Gasteiger partial charge in [0, 0.05) is 5.38 Å². The average molecular weight is 233 g/mol. The third-order valence-corrected chi connectivity index (χ3v) is 2.90. The number of nitrogens with zero attached hydrogens (tertiary/aromatic N) is 1.